The molecule has 5 aromatic rings. The van der Waals surface area contributed by atoms with E-state index in [1.807, 2.05) is 103 Å². The van der Waals surface area contributed by atoms with E-state index in [4.69, 9.17) is 0 Å². The molecule has 6 rings (SSSR count). The van der Waals surface area contributed by atoms with Crippen LogP contribution in [0.15, 0.2) is 144 Å². The number of carbonyl (C=O) groups excluding carboxylic acids is 2. The summed E-state index contributed by atoms with van der Waals surface area (Å²) in [6.45, 7) is 1.73. The minimum atomic E-state index is -0.208. The summed E-state index contributed by atoms with van der Waals surface area (Å²) in [5.41, 5.74) is 5.47. The van der Waals surface area contributed by atoms with Crippen LogP contribution < -0.4 is 15.5 Å². The highest BCUT2D eigenvalue weighted by atomic mass is 32.2. The summed E-state index contributed by atoms with van der Waals surface area (Å²) in [5, 5.41) is 6.23. The summed E-state index contributed by atoms with van der Waals surface area (Å²) in [5.74, 6) is 0.701. The van der Waals surface area contributed by atoms with Crippen molar-refractivity contribution in [1.82, 2.24) is 0 Å². The van der Waals surface area contributed by atoms with Crippen LogP contribution >= 0.6 is 11.8 Å². The zero-order valence-corrected chi connectivity index (χ0v) is 26.0. The highest BCUT2D eigenvalue weighted by Gasteiger charge is 2.33. The Labute approximate surface area is 269 Å². The van der Waals surface area contributed by atoms with Crippen molar-refractivity contribution in [3.63, 3.8) is 0 Å². The molecule has 0 bridgehead atoms. The monoisotopic (exact) mass is 611 g/mol. The molecule has 1 saturated heterocycles. The molecule has 1 aliphatic rings. The van der Waals surface area contributed by atoms with Gasteiger partial charge in [-0.2, -0.15) is 0 Å². The molecule has 0 radical (unpaired) electrons. The normalized spacial score (nSPS) is 14.0. The SMILES string of the molecule is O=C(Nc1ccc(N2CCC(C(C(=O)Nc3ccccc3)c3ccccc3)CC2)cc1)c1ccccc1CSc1ccccc1. The van der Waals surface area contributed by atoms with Gasteiger partial charge in [0.05, 0.1) is 5.92 Å². The highest BCUT2D eigenvalue weighted by Crippen LogP contribution is 2.35. The lowest BCUT2D eigenvalue weighted by Gasteiger charge is -2.37. The fourth-order valence-corrected chi connectivity index (χ4v) is 6.95. The van der Waals surface area contributed by atoms with Gasteiger partial charge in [-0.05, 0) is 84.5 Å². The van der Waals surface area contributed by atoms with Gasteiger partial charge in [-0.25, -0.2) is 0 Å². The number of hydrogen-bond donors (Lipinski definition) is 2. The van der Waals surface area contributed by atoms with Gasteiger partial charge in [-0.3, -0.25) is 9.59 Å². The van der Waals surface area contributed by atoms with E-state index in [1.54, 1.807) is 11.8 Å². The van der Waals surface area contributed by atoms with Crippen LogP contribution in [0.4, 0.5) is 17.1 Å². The van der Waals surface area contributed by atoms with Gasteiger partial charge >= 0.3 is 0 Å². The molecule has 1 unspecified atom stereocenters. The number of amides is 2. The third kappa shape index (κ3) is 7.83. The Balaban J connectivity index is 1.07. The van der Waals surface area contributed by atoms with Gasteiger partial charge in [0.15, 0.2) is 0 Å². The standard InChI is InChI=1S/C39H37N3O2S/c43-38(36-19-11-10-14-31(36)28-45-35-17-8-3-9-18-35)40-33-20-22-34(23-21-33)42-26-24-30(25-27-42)37(29-12-4-1-5-13-29)39(44)41-32-15-6-2-7-16-32/h1-23,30,37H,24-28H2,(H,40,43)(H,41,44). The summed E-state index contributed by atoms with van der Waals surface area (Å²) in [4.78, 5) is 30.4. The quantitative estimate of drug-likeness (QED) is 0.155. The largest absolute Gasteiger partial charge is 0.372 e. The molecule has 2 amide bonds. The number of hydrogen-bond acceptors (Lipinski definition) is 4. The van der Waals surface area contributed by atoms with Gasteiger partial charge in [0.1, 0.15) is 0 Å². The molecule has 1 heterocycles. The maximum atomic E-state index is 13.6. The summed E-state index contributed by atoms with van der Waals surface area (Å²) < 4.78 is 0. The van der Waals surface area contributed by atoms with Crippen molar-refractivity contribution in [1.29, 1.82) is 0 Å². The predicted molar refractivity (Wildman–Crippen MR) is 186 cm³/mol. The summed E-state index contributed by atoms with van der Waals surface area (Å²) in [7, 11) is 0. The Morgan fingerprint density at radius 1 is 0.667 bits per heavy atom. The van der Waals surface area contributed by atoms with Gasteiger partial charge in [-0.1, -0.05) is 84.9 Å². The fraction of sp³-hybridized carbons (Fsp3) is 0.179. The van der Waals surface area contributed by atoms with Crippen molar-refractivity contribution < 1.29 is 9.59 Å². The number of rotatable bonds is 10. The molecule has 0 aliphatic carbocycles. The van der Waals surface area contributed by atoms with E-state index in [2.05, 4.69) is 51.9 Å². The van der Waals surface area contributed by atoms with Gasteiger partial charge in [0.25, 0.3) is 5.91 Å². The van der Waals surface area contributed by atoms with Crippen LogP contribution in [0.2, 0.25) is 0 Å². The maximum absolute atomic E-state index is 13.6. The fourth-order valence-electron chi connectivity index (χ4n) is 6.03. The van der Waals surface area contributed by atoms with Crippen LogP contribution in [0.5, 0.6) is 0 Å². The second-order valence-electron chi connectivity index (χ2n) is 11.3. The minimum Gasteiger partial charge on any atom is -0.372 e. The van der Waals surface area contributed by atoms with Gasteiger partial charge in [0.2, 0.25) is 5.91 Å². The van der Waals surface area contributed by atoms with Crippen LogP contribution in [-0.4, -0.2) is 24.9 Å². The third-order valence-electron chi connectivity index (χ3n) is 8.38. The van der Waals surface area contributed by atoms with Crippen molar-refractivity contribution in [2.75, 3.05) is 28.6 Å². The van der Waals surface area contributed by atoms with E-state index in [0.717, 1.165) is 59.9 Å². The molecular formula is C39H37N3O2S. The zero-order valence-electron chi connectivity index (χ0n) is 25.1. The van der Waals surface area contributed by atoms with Crippen LogP contribution in [0.3, 0.4) is 0 Å². The van der Waals surface area contributed by atoms with Crippen LogP contribution in [-0.2, 0) is 10.5 Å². The Bertz CT molecular complexity index is 1690. The molecule has 45 heavy (non-hydrogen) atoms. The Morgan fingerprint density at radius 2 is 1.24 bits per heavy atom. The molecule has 1 aliphatic heterocycles. The lowest BCUT2D eigenvalue weighted by molar-refractivity contribution is -0.118. The first-order valence-corrected chi connectivity index (χ1v) is 16.5. The molecule has 5 aromatic carbocycles. The second kappa shape index (κ2) is 14.8. The van der Waals surface area contributed by atoms with Gasteiger partial charge < -0.3 is 15.5 Å². The number of carbonyl (C=O) groups is 2. The number of nitrogens with zero attached hydrogens (tertiary/aromatic N) is 1. The summed E-state index contributed by atoms with van der Waals surface area (Å²) in [6.07, 6.45) is 1.83. The molecule has 0 aromatic heterocycles. The Kier molecular flexibility index (Phi) is 9.93. The van der Waals surface area contributed by atoms with E-state index in [1.165, 1.54) is 4.90 Å². The number of thioether (sulfide) groups is 1. The Morgan fingerprint density at radius 3 is 1.93 bits per heavy atom. The highest BCUT2D eigenvalue weighted by molar-refractivity contribution is 7.98. The molecule has 1 atom stereocenters. The number of anilines is 3. The van der Waals surface area contributed by atoms with E-state index in [0.29, 0.717) is 5.56 Å². The molecule has 6 heteroatoms. The first kappa shape index (κ1) is 30.2. The average molecular weight is 612 g/mol. The third-order valence-corrected chi connectivity index (χ3v) is 9.44. The number of nitrogens with one attached hydrogen (secondary N) is 2. The van der Waals surface area contributed by atoms with Crippen LogP contribution in [0.25, 0.3) is 0 Å². The van der Waals surface area contributed by atoms with Crippen molar-refractivity contribution in [3.8, 4) is 0 Å². The molecular weight excluding hydrogens is 575 g/mol. The molecule has 5 nitrogen and oxygen atoms in total. The summed E-state index contributed by atoms with van der Waals surface area (Å²) in [6, 6.07) is 45.9. The number of para-hydroxylation sites is 1. The zero-order chi connectivity index (χ0) is 30.8. The molecule has 1 fully saturated rings. The molecule has 0 saturated carbocycles. The van der Waals surface area contributed by atoms with Gasteiger partial charge in [-0.15, -0.1) is 11.8 Å². The van der Waals surface area contributed by atoms with Crippen LogP contribution in [0.1, 0.15) is 40.2 Å². The smallest absolute Gasteiger partial charge is 0.255 e. The van der Waals surface area contributed by atoms with Gasteiger partial charge in [0, 0.05) is 46.4 Å². The number of benzene rings is 5. The van der Waals surface area contributed by atoms with Crippen molar-refractivity contribution in [2.45, 2.75) is 29.4 Å². The van der Waals surface area contributed by atoms with Crippen molar-refractivity contribution in [3.05, 3.63) is 156 Å². The lowest BCUT2D eigenvalue weighted by atomic mass is 9.79. The molecule has 2 N–H and O–H groups in total. The topological polar surface area (TPSA) is 61.4 Å². The minimum absolute atomic E-state index is 0.0474. The average Bonchev–Trinajstić information content (AvgIpc) is 3.10. The predicted octanol–water partition coefficient (Wildman–Crippen LogP) is 8.87. The summed E-state index contributed by atoms with van der Waals surface area (Å²) >= 11 is 1.72. The first-order valence-electron chi connectivity index (χ1n) is 15.5. The maximum Gasteiger partial charge on any atom is 0.255 e. The first-order chi connectivity index (χ1) is 22.1. The van der Waals surface area contributed by atoms with Crippen LogP contribution in [0, 0.1) is 5.92 Å². The van der Waals surface area contributed by atoms with E-state index >= 15 is 0 Å². The van der Waals surface area contributed by atoms with E-state index < -0.39 is 0 Å². The van der Waals surface area contributed by atoms with Crippen molar-refractivity contribution >= 4 is 40.6 Å². The van der Waals surface area contributed by atoms with E-state index in [-0.39, 0.29) is 23.7 Å². The van der Waals surface area contributed by atoms with E-state index in [9.17, 15) is 9.59 Å². The number of piperidine rings is 1. The van der Waals surface area contributed by atoms with Crippen molar-refractivity contribution in [2.24, 2.45) is 5.92 Å². The second-order valence-corrected chi connectivity index (χ2v) is 12.4. The molecule has 0 spiro atoms. The lowest BCUT2D eigenvalue weighted by Crippen LogP contribution is -2.38. The molecule has 226 valence electrons. The Hall–Kier alpha value is -4.81.